The van der Waals surface area contributed by atoms with Crippen molar-refractivity contribution < 1.29 is 18.8 Å². The third-order valence-electron chi connectivity index (χ3n) is 6.80. The van der Waals surface area contributed by atoms with E-state index in [0.29, 0.717) is 33.9 Å². The lowest BCUT2D eigenvalue weighted by Crippen LogP contribution is -2.51. The molecule has 0 saturated carbocycles. The van der Waals surface area contributed by atoms with E-state index in [4.69, 9.17) is 0 Å². The van der Waals surface area contributed by atoms with E-state index in [1.807, 2.05) is 0 Å². The summed E-state index contributed by atoms with van der Waals surface area (Å²) in [5.74, 6) is -0.964. The second-order valence-corrected chi connectivity index (χ2v) is 10.9. The Labute approximate surface area is 241 Å². The van der Waals surface area contributed by atoms with Crippen molar-refractivity contribution in [2.45, 2.75) is 33.9 Å². The van der Waals surface area contributed by atoms with Crippen LogP contribution in [-0.4, -0.2) is 56.8 Å². The number of anilines is 2. The number of rotatable bonds is 6. The van der Waals surface area contributed by atoms with Crippen LogP contribution in [0.2, 0.25) is 0 Å². The first kappa shape index (κ1) is 28.3. The molecule has 3 aromatic carbocycles. The summed E-state index contributed by atoms with van der Waals surface area (Å²) in [6.07, 6.45) is -1.47. The number of para-hydroxylation sites is 1. The minimum atomic E-state index is -1.47. The van der Waals surface area contributed by atoms with Crippen LogP contribution in [0.3, 0.4) is 0 Å². The zero-order valence-corrected chi connectivity index (χ0v) is 23.5. The van der Waals surface area contributed by atoms with Gasteiger partial charge in [-0.2, -0.15) is 0 Å². The predicted octanol–water partition coefficient (Wildman–Crippen LogP) is 4.26. The van der Waals surface area contributed by atoms with Crippen LogP contribution >= 0.6 is 0 Å². The van der Waals surface area contributed by atoms with E-state index in [0.717, 1.165) is 0 Å². The molecule has 0 spiro atoms. The number of aromatic nitrogens is 4. The van der Waals surface area contributed by atoms with Crippen LogP contribution in [0.5, 0.6) is 0 Å². The Bertz CT molecular complexity index is 1690. The van der Waals surface area contributed by atoms with E-state index < -0.39 is 29.3 Å². The minimum absolute atomic E-state index is 0.154. The molecule has 42 heavy (non-hydrogen) atoms. The van der Waals surface area contributed by atoms with Crippen LogP contribution in [0.15, 0.2) is 71.7 Å². The molecule has 1 unspecified atom stereocenters. The maximum absolute atomic E-state index is 15.1. The standard InChI is InChI=1S/C30H29FN8O3/c1-17-9-7-13-21-24(20-12-5-6-14-22(20)31)33-27(28(41)39(25(17)21)16-23(40)30(2,3)4)34-29(42)32-19-11-8-10-18(15-19)26-35-37-38-36-26/h5-15,27H,16H2,1-4H3,(H2,32,34,42)(H,35,36,37,38). The van der Waals surface area contributed by atoms with Crippen LogP contribution in [0.4, 0.5) is 20.6 Å². The number of aromatic amines is 1. The summed E-state index contributed by atoms with van der Waals surface area (Å²) in [5.41, 5.74) is 2.21. The number of hydrogen-bond donors (Lipinski definition) is 3. The number of nitrogens with one attached hydrogen (secondary N) is 3. The SMILES string of the molecule is Cc1cccc2c1N(CC(=O)C(C)(C)C)C(=O)C(NC(=O)Nc1cccc(-c3nnn[nH]3)c1)N=C2c1ccccc1F. The predicted molar refractivity (Wildman–Crippen MR) is 156 cm³/mol. The molecule has 1 aliphatic rings. The number of carbonyl (C=O) groups is 3. The number of urea groups is 1. The number of tetrazole rings is 1. The number of benzene rings is 3. The van der Waals surface area contributed by atoms with Crippen LogP contribution in [0, 0.1) is 18.2 Å². The van der Waals surface area contributed by atoms with Crippen molar-refractivity contribution >= 4 is 34.8 Å². The summed E-state index contributed by atoms with van der Waals surface area (Å²) >= 11 is 0. The molecule has 0 radical (unpaired) electrons. The molecule has 11 nitrogen and oxygen atoms in total. The highest BCUT2D eigenvalue weighted by atomic mass is 19.1. The lowest BCUT2D eigenvalue weighted by Gasteiger charge is -2.29. The van der Waals surface area contributed by atoms with Crippen molar-refractivity contribution in [2.24, 2.45) is 10.4 Å². The summed E-state index contributed by atoms with van der Waals surface area (Å²) in [6.45, 7) is 6.85. The van der Waals surface area contributed by atoms with Crippen molar-refractivity contribution in [3.63, 3.8) is 0 Å². The zero-order chi connectivity index (χ0) is 30.0. The van der Waals surface area contributed by atoms with Gasteiger partial charge in [0.1, 0.15) is 5.82 Å². The van der Waals surface area contributed by atoms with E-state index in [2.05, 4.69) is 36.3 Å². The van der Waals surface area contributed by atoms with Gasteiger partial charge in [0.25, 0.3) is 5.91 Å². The number of ketones is 1. The number of H-pyrrole nitrogens is 1. The summed E-state index contributed by atoms with van der Waals surface area (Å²) < 4.78 is 15.1. The molecule has 0 fully saturated rings. The van der Waals surface area contributed by atoms with E-state index in [-0.39, 0.29) is 23.6 Å². The molecule has 1 atom stereocenters. The van der Waals surface area contributed by atoms with E-state index in [1.165, 1.54) is 11.0 Å². The number of Topliss-reactive ketones (excluding diaryl/α,β-unsaturated/α-hetero) is 1. The Morgan fingerprint density at radius 1 is 1.02 bits per heavy atom. The van der Waals surface area contributed by atoms with Gasteiger partial charge in [-0.15, -0.1) is 5.10 Å². The molecular formula is C30H29FN8O3. The van der Waals surface area contributed by atoms with Crippen molar-refractivity contribution in [2.75, 3.05) is 16.8 Å². The largest absolute Gasteiger partial charge is 0.321 e. The third-order valence-corrected chi connectivity index (χ3v) is 6.80. The van der Waals surface area contributed by atoms with Gasteiger partial charge in [0.15, 0.2) is 11.6 Å². The van der Waals surface area contributed by atoms with Gasteiger partial charge in [-0.05, 0) is 47.2 Å². The van der Waals surface area contributed by atoms with Gasteiger partial charge in [0.2, 0.25) is 6.17 Å². The molecule has 1 aromatic heterocycles. The highest BCUT2D eigenvalue weighted by molar-refractivity contribution is 6.21. The normalized spacial score (nSPS) is 15.0. The van der Waals surface area contributed by atoms with Crippen molar-refractivity contribution in [3.05, 3.63) is 89.2 Å². The smallest absolute Gasteiger partial charge is 0.308 e. The Kier molecular flexibility index (Phi) is 7.62. The number of hydrogen-bond acceptors (Lipinski definition) is 7. The molecule has 5 rings (SSSR count). The first-order valence-electron chi connectivity index (χ1n) is 13.2. The monoisotopic (exact) mass is 568 g/mol. The highest BCUT2D eigenvalue weighted by Gasteiger charge is 2.37. The fraction of sp³-hybridized carbons (Fsp3) is 0.233. The number of halogens is 1. The fourth-order valence-electron chi connectivity index (χ4n) is 4.54. The lowest BCUT2D eigenvalue weighted by molar-refractivity contribution is -0.127. The van der Waals surface area contributed by atoms with Crippen LogP contribution in [-0.2, 0) is 9.59 Å². The number of carbonyl (C=O) groups excluding carboxylic acids is 3. The van der Waals surface area contributed by atoms with E-state index in [1.54, 1.807) is 88.4 Å². The molecule has 3 amide bonds. The molecule has 0 saturated heterocycles. The minimum Gasteiger partial charge on any atom is -0.308 e. The summed E-state index contributed by atoms with van der Waals surface area (Å²) in [4.78, 5) is 46.5. The molecule has 3 N–H and O–H groups in total. The van der Waals surface area contributed by atoms with Crippen LogP contribution in [0.1, 0.15) is 37.5 Å². The van der Waals surface area contributed by atoms with Crippen molar-refractivity contribution in [3.8, 4) is 11.4 Å². The zero-order valence-electron chi connectivity index (χ0n) is 23.5. The molecule has 4 aromatic rings. The molecular weight excluding hydrogens is 539 g/mol. The first-order chi connectivity index (χ1) is 20.0. The van der Waals surface area contributed by atoms with Gasteiger partial charge in [-0.1, -0.05) is 63.2 Å². The maximum atomic E-state index is 15.1. The second kappa shape index (κ2) is 11.3. The van der Waals surface area contributed by atoms with Gasteiger partial charge in [0, 0.05) is 27.8 Å². The molecule has 0 aliphatic carbocycles. The molecule has 2 heterocycles. The first-order valence-corrected chi connectivity index (χ1v) is 13.2. The highest BCUT2D eigenvalue weighted by Crippen LogP contribution is 2.33. The summed E-state index contributed by atoms with van der Waals surface area (Å²) in [5, 5.41) is 19.0. The number of benzodiazepines with no additional fused rings is 1. The maximum Gasteiger partial charge on any atom is 0.321 e. The lowest BCUT2D eigenvalue weighted by atomic mass is 9.90. The quantitative estimate of drug-likeness (QED) is 0.317. The number of aryl methyl sites for hydroxylation is 1. The topological polar surface area (TPSA) is 145 Å². The Morgan fingerprint density at radius 2 is 1.76 bits per heavy atom. The van der Waals surface area contributed by atoms with Gasteiger partial charge in [0.05, 0.1) is 17.9 Å². The number of amides is 3. The molecule has 12 heteroatoms. The Morgan fingerprint density at radius 3 is 2.48 bits per heavy atom. The Balaban J connectivity index is 1.55. The molecule has 214 valence electrons. The number of aliphatic imine (C=N–C) groups is 1. The van der Waals surface area contributed by atoms with Gasteiger partial charge in [-0.25, -0.2) is 19.3 Å². The van der Waals surface area contributed by atoms with Gasteiger partial charge < -0.3 is 15.5 Å². The summed E-state index contributed by atoms with van der Waals surface area (Å²) in [7, 11) is 0. The fourth-order valence-corrected chi connectivity index (χ4v) is 4.54. The number of nitrogens with zero attached hydrogens (tertiary/aromatic N) is 5. The van der Waals surface area contributed by atoms with Gasteiger partial charge in [-0.3, -0.25) is 9.59 Å². The van der Waals surface area contributed by atoms with E-state index >= 15 is 4.39 Å². The summed E-state index contributed by atoms with van der Waals surface area (Å²) in [6, 6.07) is 17.4. The molecule has 1 aliphatic heterocycles. The van der Waals surface area contributed by atoms with Crippen molar-refractivity contribution in [1.82, 2.24) is 25.9 Å². The Hall–Kier alpha value is -5.26. The molecule has 0 bridgehead atoms. The van der Waals surface area contributed by atoms with Crippen LogP contribution < -0.4 is 15.5 Å². The van der Waals surface area contributed by atoms with Crippen molar-refractivity contribution in [1.29, 1.82) is 0 Å². The second-order valence-electron chi connectivity index (χ2n) is 10.9. The average molecular weight is 569 g/mol. The van der Waals surface area contributed by atoms with E-state index in [9.17, 15) is 14.4 Å². The third kappa shape index (κ3) is 5.78. The number of fused-ring (bicyclic) bond motifs is 1. The van der Waals surface area contributed by atoms with Crippen LogP contribution in [0.25, 0.3) is 11.4 Å². The average Bonchev–Trinajstić information content (AvgIpc) is 3.46. The van der Waals surface area contributed by atoms with Gasteiger partial charge >= 0.3 is 6.03 Å².